The van der Waals surface area contributed by atoms with Crippen molar-refractivity contribution < 1.29 is 19.1 Å². The number of nitrogens with one attached hydrogen (secondary N) is 2. The van der Waals surface area contributed by atoms with Crippen LogP contribution in [-0.4, -0.2) is 38.2 Å². The summed E-state index contributed by atoms with van der Waals surface area (Å²) in [6, 6.07) is 7.03. The highest BCUT2D eigenvalue weighted by Gasteiger charge is 2.42. The van der Waals surface area contributed by atoms with E-state index in [0.29, 0.717) is 11.4 Å². The van der Waals surface area contributed by atoms with Gasteiger partial charge < -0.3 is 20.1 Å². The summed E-state index contributed by atoms with van der Waals surface area (Å²) in [6.07, 6.45) is 1.89. The second-order valence-electron chi connectivity index (χ2n) is 5.89. The maximum Gasteiger partial charge on any atom is 0.340 e. The fraction of sp³-hybridized carbons (Fsp3) is 0.471. The van der Waals surface area contributed by atoms with Crippen molar-refractivity contribution >= 4 is 17.6 Å². The molecule has 2 rings (SSSR count). The first-order valence-corrected chi connectivity index (χ1v) is 7.66. The van der Waals surface area contributed by atoms with E-state index < -0.39 is 11.5 Å². The molecule has 0 bridgehead atoms. The van der Waals surface area contributed by atoms with Crippen LogP contribution in [0.15, 0.2) is 18.2 Å². The summed E-state index contributed by atoms with van der Waals surface area (Å²) in [6.45, 7) is 1.68. The number of carbonyl (C=O) groups excluding carboxylic acids is 2. The van der Waals surface area contributed by atoms with Crippen molar-refractivity contribution in [2.24, 2.45) is 5.92 Å². The average Bonchev–Trinajstić information content (AvgIpc) is 3.44. The van der Waals surface area contributed by atoms with Crippen LogP contribution in [0.2, 0.25) is 0 Å². The van der Waals surface area contributed by atoms with E-state index in [1.165, 1.54) is 20.3 Å². The highest BCUT2D eigenvalue weighted by atomic mass is 16.5. The van der Waals surface area contributed by atoms with Crippen LogP contribution >= 0.6 is 0 Å². The summed E-state index contributed by atoms with van der Waals surface area (Å²) in [7, 11) is 2.78. The molecule has 1 saturated carbocycles. The predicted molar refractivity (Wildman–Crippen MR) is 87.7 cm³/mol. The number of nitriles is 1. The first-order valence-electron chi connectivity index (χ1n) is 7.66. The van der Waals surface area contributed by atoms with Gasteiger partial charge in [-0.05, 0) is 43.9 Å². The van der Waals surface area contributed by atoms with E-state index in [1.54, 1.807) is 19.1 Å². The van der Waals surface area contributed by atoms with Gasteiger partial charge >= 0.3 is 5.97 Å². The molecule has 128 valence electrons. The number of hydrogen-bond donors (Lipinski definition) is 2. The molecule has 24 heavy (non-hydrogen) atoms. The third kappa shape index (κ3) is 3.96. The van der Waals surface area contributed by atoms with Crippen LogP contribution in [0.5, 0.6) is 5.75 Å². The predicted octanol–water partition coefficient (Wildman–Crippen LogP) is 1.70. The van der Waals surface area contributed by atoms with Crippen LogP contribution in [0.1, 0.15) is 30.1 Å². The fourth-order valence-corrected chi connectivity index (χ4v) is 2.47. The molecule has 7 nitrogen and oxygen atoms in total. The lowest BCUT2D eigenvalue weighted by Crippen LogP contribution is -2.48. The van der Waals surface area contributed by atoms with Crippen LogP contribution in [0.3, 0.4) is 0 Å². The van der Waals surface area contributed by atoms with E-state index in [9.17, 15) is 14.9 Å². The normalized spacial score (nSPS) is 15.6. The van der Waals surface area contributed by atoms with E-state index in [1.807, 2.05) is 0 Å². The molecule has 7 heteroatoms. The number of nitrogens with zero attached hydrogens (tertiary/aromatic N) is 1. The zero-order valence-corrected chi connectivity index (χ0v) is 14.0. The molecule has 1 fully saturated rings. The fourth-order valence-electron chi connectivity index (χ4n) is 2.47. The Labute approximate surface area is 140 Å². The van der Waals surface area contributed by atoms with Crippen LogP contribution in [0.4, 0.5) is 5.69 Å². The first kappa shape index (κ1) is 17.6. The maximum absolute atomic E-state index is 12.1. The minimum absolute atomic E-state index is 0.0552. The lowest BCUT2D eigenvalue weighted by molar-refractivity contribution is -0.120. The molecule has 2 N–H and O–H groups in total. The molecular formula is C17H21N3O4. The molecular weight excluding hydrogens is 310 g/mol. The van der Waals surface area contributed by atoms with Crippen LogP contribution < -0.4 is 15.4 Å². The van der Waals surface area contributed by atoms with Crippen molar-refractivity contribution in [2.45, 2.75) is 25.3 Å². The minimum atomic E-state index is -0.843. The number of carbonyl (C=O) groups is 2. The number of ether oxygens (including phenoxy) is 2. The standard InChI is InChI=1S/C17H21N3O4/c1-17(10-18,11-4-5-11)20-15(21)9-19-14-7-6-12(23-2)8-13(14)16(22)24-3/h6-8,11,19H,4-5,9H2,1-3H3,(H,20,21)/t17-/m1/s1. The van der Waals surface area contributed by atoms with Gasteiger partial charge in [0.25, 0.3) is 0 Å². The molecule has 0 heterocycles. The van der Waals surface area contributed by atoms with Crippen LogP contribution in [0.25, 0.3) is 0 Å². The molecule has 1 aliphatic rings. The van der Waals surface area contributed by atoms with Crippen LogP contribution in [-0.2, 0) is 9.53 Å². The quantitative estimate of drug-likeness (QED) is 0.738. The summed E-state index contributed by atoms with van der Waals surface area (Å²) < 4.78 is 9.84. The molecule has 1 aliphatic carbocycles. The first-order chi connectivity index (χ1) is 11.4. The molecule has 1 atom stereocenters. The molecule has 1 aromatic carbocycles. The van der Waals surface area contributed by atoms with E-state index in [0.717, 1.165) is 12.8 Å². The summed E-state index contributed by atoms with van der Waals surface area (Å²) in [5, 5.41) is 14.9. The molecule has 0 saturated heterocycles. The van der Waals surface area contributed by atoms with Gasteiger partial charge in [0.2, 0.25) is 5.91 Å². The van der Waals surface area contributed by atoms with Gasteiger partial charge in [-0.1, -0.05) is 0 Å². The van der Waals surface area contributed by atoms with Gasteiger partial charge in [0, 0.05) is 5.69 Å². The van der Waals surface area contributed by atoms with Gasteiger partial charge in [0.05, 0.1) is 32.4 Å². The van der Waals surface area contributed by atoms with Gasteiger partial charge in [0.15, 0.2) is 0 Å². The summed E-state index contributed by atoms with van der Waals surface area (Å²) in [5.41, 5.74) is -0.109. The number of hydrogen-bond acceptors (Lipinski definition) is 6. The summed E-state index contributed by atoms with van der Waals surface area (Å²) in [4.78, 5) is 24.0. The highest BCUT2D eigenvalue weighted by Crippen LogP contribution is 2.39. The molecule has 0 radical (unpaired) electrons. The minimum Gasteiger partial charge on any atom is -0.497 e. The molecule has 0 aromatic heterocycles. The maximum atomic E-state index is 12.1. The lowest BCUT2D eigenvalue weighted by atomic mass is 9.98. The number of esters is 1. The average molecular weight is 331 g/mol. The number of amides is 1. The number of methoxy groups -OCH3 is 2. The van der Waals surface area contributed by atoms with Gasteiger partial charge in [-0.15, -0.1) is 0 Å². The van der Waals surface area contributed by atoms with Crippen molar-refractivity contribution in [3.63, 3.8) is 0 Å². The highest BCUT2D eigenvalue weighted by molar-refractivity contribution is 5.96. The summed E-state index contributed by atoms with van der Waals surface area (Å²) in [5.74, 6) is -0.122. The van der Waals surface area contributed by atoms with Crippen LogP contribution in [0, 0.1) is 17.2 Å². The molecule has 1 amide bonds. The Morgan fingerprint density at radius 2 is 2.08 bits per heavy atom. The monoisotopic (exact) mass is 331 g/mol. The van der Waals surface area contributed by atoms with Crippen molar-refractivity contribution in [1.82, 2.24) is 5.32 Å². The molecule has 0 unspecified atom stereocenters. The number of benzene rings is 1. The molecule has 0 spiro atoms. The second-order valence-corrected chi connectivity index (χ2v) is 5.89. The number of anilines is 1. The van der Waals surface area contributed by atoms with Gasteiger partial charge in [-0.25, -0.2) is 4.79 Å². The Morgan fingerprint density at radius 1 is 1.38 bits per heavy atom. The Hall–Kier alpha value is -2.75. The van der Waals surface area contributed by atoms with Gasteiger partial charge in [-0.2, -0.15) is 5.26 Å². The van der Waals surface area contributed by atoms with Crippen molar-refractivity contribution in [1.29, 1.82) is 5.26 Å². The van der Waals surface area contributed by atoms with Crippen molar-refractivity contribution in [2.75, 3.05) is 26.1 Å². The van der Waals surface area contributed by atoms with Crippen molar-refractivity contribution in [3.05, 3.63) is 23.8 Å². The van der Waals surface area contributed by atoms with Gasteiger partial charge in [-0.3, -0.25) is 4.79 Å². The lowest BCUT2D eigenvalue weighted by Gasteiger charge is -2.23. The molecule has 0 aliphatic heterocycles. The van der Waals surface area contributed by atoms with E-state index in [2.05, 4.69) is 16.7 Å². The van der Waals surface area contributed by atoms with E-state index in [4.69, 9.17) is 9.47 Å². The Bertz CT molecular complexity index is 679. The molecule has 1 aromatic rings. The zero-order valence-electron chi connectivity index (χ0n) is 14.0. The van der Waals surface area contributed by atoms with Gasteiger partial charge in [0.1, 0.15) is 11.3 Å². The number of rotatable bonds is 7. The Morgan fingerprint density at radius 3 is 2.62 bits per heavy atom. The third-order valence-electron chi connectivity index (χ3n) is 4.10. The SMILES string of the molecule is COC(=O)c1cc(OC)ccc1NCC(=O)N[C@](C)(C#N)C1CC1. The largest absolute Gasteiger partial charge is 0.497 e. The summed E-state index contributed by atoms with van der Waals surface area (Å²) >= 11 is 0. The Balaban J connectivity index is 2.04. The smallest absolute Gasteiger partial charge is 0.340 e. The zero-order chi connectivity index (χ0) is 17.7. The van der Waals surface area contributed by atoms with E-state index >= 15 is 0 Å². The topological polar surface area (TPSA) is 100 Å². The Kier molecular flexibility index (Phi) is 5.29. The van der Waals surface area contributed by atoms with Crippen molar-refractivity contribution in [3.8, 4) is 11.8 Å². The third-order valence-corrected chi connectivity index (χ3v) is 4.10. The van der Waals surface area contributed by atoms with E-state index in [-0.39, 0.29) is 23.9 Å². The second kappa shape index (κ2) is 7.21.